The van der Waals surface area contributed by atoms with E-state index in [9.17, 15) is 9.18 Å². The summed E-state index contributed by atoms with van der Waals surface area (Å²) >= 11 is 3.19. The van der Waals surface area contributed by atoms with Gasteiger partial charge in [-0.3, -0.25) is 0 Å². The summed E-state index contributed by atoms with van der Waals surface area (Å²) in [7, 11) is 0. The largest absolute Gasteiger partial charge is 0.444 e. The van der Waals surface area contributed by atoms with Gasteiger partial charge < -0.3 is 9.64 Å². The molecule has 0 atom stereocenters. The van der Waals surface area contributed by atoms with E-state index >= 15 is 0 Å². The average Bonchev–Trinajstić information content (AvgIpc) is 2.23. The Hall–Kier alpha value is -1.24. The van der Waals surface area contributed by atoms with Gasteiger partial charge in [-0.15, -0.1) is 0 Å². The van der Waals surface area contributed by atoms with Gasteiger partial charge in [0.2, 0.25) is 5.67 Å². The van der Waals surface area contributed by atoms with Gasteiger partial charge in [0.25, 0.3) is 0 Å². The third-order valence-corrected chi connectivity index (χ3v) is 2.97. The number of amides is 1. The predicted molar refractivity (Wildman–Crippen MR) is 70.3 cm³/mol. The third kappa shape index (κ3) is 3.20. The molecule has 0 bridgehead atoms. The van der Waals surface area contributed by atoms with Crippen LogP contribution in [-0.4, -0.2) is 39.7 Å². The Bertz CT molecular complexity index is 481. The average molecular weight is 332 g/mol. The maximum atomic E-state index is 14.4. The molecule has 0 saturated carbocycles. The number of alkyl halides is 1. The zero-order valence-corrected chi connectivity index (χ0v) is 12.6. The van der Waals surface area contributed by atoms with E-state index in [1.165, 1.54) is 17.3 Å². The molecule has 5 nitrogen and oxygen atoms in total. The van der Waals surface area contributed by atoms with Crippen molar-refractivity contribution >= 4 is 22.0 Å². The molecule has 0 N–H and O–H groups in total. The lowest BCUT2D eigenvalue weighted by Crippen LogP contribution is -2.60. The summed E-state index contributed by atoms with van der Waals surface area (Å²) in [5.41, 5.74) is -2.27. The van der Waals surface area contributed by atoms with Crippen LogP contribution in [-0.2, 0) is 10.4 Å². The number of carbonyl (C=O) groups is 1. The number of aromatic nitrogens is 2. The molecule has 1 aromatic heterocycles. The van der Waals surface area contributed by atoms with Crippen molar-refractivity contribution in [2.24, 2.45) is 0 Å². The third-order valence-electron chi connectivity index (χ3n) is 2.56. The van der Waals surface area contributed by atoms with E-state index in [0.29, 0.717) is 4.47 Å². The zero-order chi connectivity index (χ0) is 14.3. The summed E-state index contributed by atoms with van der Waals surface area (Å²) in [6.07, 6.45) is 2.46. The number of likely N-dealkylation sites (tertiary alicyclic amines) is 1. The smallest absolute Gasteiger partial charge is 0.410 e. The lowest BCUT2D eigenvalue weighted by Gasteiger charge is -2.43. The lowest BCUT2D eigenvalue weighted by atomic mass is 9.96. The number of hydrogen-bond acceptors (Lipinski definition) is 4. The van der Waals surface area contributed by atoms with Gasteiger partial charge in [0.1, 0.15) is 5.60 Å². The van der Waals surface area contributed by atoms with Crippen molar-refractivity contribution < 1.29 is 13.9 Å². The topological polar surface area (TPSA) is 55.3 Å². The highest BCUT2D eigenvalue weighted by atomic mass is 79.9. The number of nitrogens with zero attached hydrogens (tertiary/aromatic N) is 3. The normalized spacial score (nSPS) is 17.8. The second kappa shape index (κ2) is 4.70. The van der Waals surface area contributed by atoms with Crippen LogP contribution < -0.4 is 0 Å². The molecule has 1 saturated heterocycles. The zero-order valence-electron chi connectivity index (χ0n) is 11.0. The van der Waals surface area contributed by atoms with E-state index in [0.717, 1.165) is 0 Å². The molecule has 1 fully saturated rings. The molecule has 1 aliphatic heterocycles. The van der Waals surface area contributed by atoms with Gasteiger partial charge in [-0.05, 0) is 36.7 Å². The first-order valence-corrected chi connectivity index (χ1v) is 6.64. The van der Waals surface area contributed by atoms with Crippen LogP contribution in [0.5, 0.6) is 0 Å². The van der Waals surface area contributed by atoms with E-state index in [2.05, 4.69) is 25.9 Å². The van der Waals surface area contributed by atoms with Crippen molar-refractivity contribution in [3.8, 4) is 0 Å². The molecule has 1 aliphatic rings. The van der Waals surface area contributed by atoms with Crippen LogP contribution in [0.4, 0.5) is 9.18 Å². The lowest BCUT2D eigenvalue weighted by molar-refractivity contribution is -0.0578. The second-order valence-corrected chi connectivity index (χ2v) is 6.44. The van der Waals surface area contributed by atoms with Crippen molar-refractivity contribution in [1.29, 1.82) is 0 Å². The van der Waals surface area contributed by atoms with E-state index in [1.807, 2.05) is 0 Å². The fraction of sp³-hybridized carbons (Fsp3) is 0.583. The number of hydrogen-bond donors (Lipinski definition) is 0. The molecule has 1 aromatic rings. The van der Waals surface area contributed by atoms with Gasteiger partial charge in [0.05, 0.1) is 17.6 Å². The Labute approximate surface area is 119 Å². The van der Waals surface area contributed by atoms with Crippen molar-refractivity contribution in [3.63, 3.8) is 0 Å². The fourth-order valence-corrected chi connectivity index (χ4v) is 1.90. The van der Waals surface area contributed by atoms with Crippen LogP contribution in [0, 0.1) is 0 Å². The summed E-state index contributed by atoms with van der Waals surface area (Å²) in [4.78, 5) is 20.9. The number of rotatable bonds is 1. The molecule has 0 aromatic carbocycles. The molecule has 0 radical (unpaired) electrons. The minimum atomic E-state index is -1.68. The van der Waals surface area contributed by atoms with E-state index < -0.39 is 17.4 Å². The monoisotopic (exact) mass is 331 g/mol. The minimum Gasteiger partial charge on any atom is -0.444 e. The number of carbonyl (C=O) groups excluding carboxylic acids is 1. The Morgan fingerprint density at radius 1 is 1.42 bits per heavy atom. The van der Waals surface area contributed by atoms with Crippen LogP contribution >= 0.6 is 15.9 Å². The second-order valence-electron chi connectivity index (χ2n) is 5.53. The molecule has 0 aliphatic carbocycles. The van der Waals surface area contributed by atoms with Crippen molar-refractivity contribution in [1.82, 2.24) is 14.9 Å². The summed E-state index contributed by atoms with van der Waals surface area (Å²) in [5, 5.41) is 0. The van der Waals surface area contributed by atoms with Crippen molar-refractivity contribution in [2.45, 2.75) is 32.0 Å². The Morgan fingerprint density at radius 3 is 2.42 bits per heavy atom. The summed E-state index contributed by atoms with van der Waals surface area (Å²) in [6, 6.07) is 0. The molecule has 1 amide bonds. The molecular weight excluding hydrogens is 317 g/mol. The van der Waals surface area contributed by atoms with Gasteiger partial charge in [-0.25, -0.2) is 19.2 Å². The molecule has 2 heterocycles. The van der Waals surface area contributed by atoms with Gasteiger partial charge in [0.15, 0.2) is 5.82 Å². The number of ether oxygens (including phenoxy) is 1. The highest BCUT2D eigenvalue weighted by Crippen LogP contribution is 2.34. The summed E-state index contributed by atoms with van der Waals surface area (Å²) < 4.78 is 20.3. The highest BCUT2D eigenvalue weighted by Gasteiger charge is 2.50. The summed E-state index contributed by atoms with van der Waals surface area (Å²) in [5.74, 6) is 0.0931. The molecule has 7 heteroatoms. The van der Waals surface area contributed by atoms with E-state index in [1.54, 1.807) is 20.8 Å². The SMILES string of the molecule is CC(C)(C)OC(=O)N1CC(F)(c2ncc(Br)cn2)C1. The molecule has 2 rings (SSSR count). The van der Waals surface area contributed by atoms with Gasteiger partial charge in [0, 0.05) is 12.4 Å². The van der Waals surface area contributed by atoms with Crippen LogP contribution in [0.1, 0.15) is 26.6 Å². The van der Waals surface area contributed by atoms with E-state index in [4.69, 9.17) is 4.74 Å². The van der Waals surface area contributed by atoms with E-state index in [-0.39, 0.29) is 18.9 Å². The maximum Gasteiger partial charge on any atom is 0.410 e. The first kappa shape index (κ1) is 14.2. The van der Waals surface area contributed by atoms with Crippen molar-refractivity contribution in [3.05, 3.63) is 22.7 Å². The molecular formula is C12H15BrFN3O2. The first-order valence-electron chi connectivity index (χ1n) is 5.84. The van der Waals surface area contributed by atoms with Crippen molar-refractivity contribution in [2.75, 3.05) is 13.1 Å². The summed E-state index contributed by atoms with van der Waals surface area (Å²) in [6.45, 7) is 5.15. The van der Waals surface area contributed by atoms with Gasteiger partial charge in [-0.1, -0.05) is 0 Å². The standard InChI is InChI=1S/C12H15BrFN3O2/c1-11(2,3)19-10(18)17-6-12(14,7-17)9-15-4-8(13)5-16-9/h4-5H,6-7H2,1-3H3. The first-order chi connectivity index (χ1) is 8.70. The molecule has 0 unspecified atom stereocenters. The van der Waals surface area contributed by atoms with Crippen LogP contribution in [0.2, 0.25) is 0 Å². The maximum absolute atomic E-state index is 14.4. The van der Waals surface area contributed by atoms with Gasteiger partial charge >= 0.3 is 6.09 Å². The highest BCUT2D eigenvalue weighted by molar-refractivity contribution is 9.10. The molecule has 0 spiro atoms. The molecule has 19 heavy (non-hydrogen) atoms. The predicted octanol–water partition coefficient (Wildman–Crippen LogP) is 2.65. The number of halogens is 2. The minimum absolute atomic E-state index is 0.0798. The Kier molecular flexibility index (Phi) is 3.51. The Morgan fingerprint density at radius 2 is 1.95 bits per heavy atom. The fourth-order valence-electron chi connectivity index (χ4n) is 1.70. The van der Waals surface area contributed by atoms with Crippen LogP contribution in [0.25, 0.3) is 0 Å². The molecule has 104 valence electrons. The van der Waals surface area contributed by atoms with Gasteiger partial charge in [-0.2, -0.15) is 0 Å². The Balaban J connectivity index is 1.98. The van der Waals surface area contributed by atoms with Crippen LogP contribution in [0.15, 0.2) is 16.9 Å². The van der Waals surface area contributed by atoms with Crippen LogP contribution in [0.3, 0.4) is 0 Å². The quantitative estimate of drug-likeness (QED) is 0.793.